The molecule has 0 saturated carbocycles. The van der Waals surface area contributed by atoms with Crippen LogP contribution in [0.25, 0.3) is 0 Å². The molecule has 2 heterocycles. The van der Waals surface area contributed by atoms with Gasteiger partial charge < -0.3 is 24.4 Å². The van der Waals surface area contributed by atoms with Crippen molar-refractivity contribution in [2.24, 2.45) is 0 Å². The van der Waals surface area contributed by atoms with Crippen LogP contribution in [0.1, 0.15) is 59.3 Å². The maximum atomic E-state index is 12.7. The van der Waals surface area contributed by atoms with Crippen molar-refractivity contribution in [3.8, 4) is 0 Å². The van der Waals surface area contributed by atoms with Gasteiger partial charge >= 0.3 is 17.9 Å². The minimum Gasteiger partial charge on any atom is -0.481 e. The predicted molar refractivity (Wildman–Crippen MR) is 117 cm³/mol. The molecular weight excluding hydrogens is 440 g/mol. The van der Waals surface area contributed by atoms with E-state index in [2.05, 4.69) is 0 Å². The van der Waals surface area contributed by atoms with E-state index in [0.29, 0.717) is 41.9 Å². The zero-order valence-electron chi connectivity index (χ0n) is 18.6. The maximum Gasteiger partial charge on any atom is 0.310 e. The summed E-state index contributed by atoms with van der Waals surface area (Å²) in [6, 6.07) is 0. The van der Waals surface area contributed by atoms with E-state index < -0.39 is 42.3 Å². The SMILES string of the molecule is CC(=O)O[C@@H]1CC(=O)O[C@@H]2C[C@@H](CC/C(Cl)=C/C/C=C\1C)O[C@@H]2[C@H](O)/C=C(\C)CC(=O)O. The molecule has 0 aromatic heterocycles. The molecule has 0 aromatic rings. The average Bonchev–Trinajstić information content (AvgIpc) is 3.06. The zero-order chi connectivity index (χ0) is 23.8. The first-order chi connectivity index (χ1) is 15.0. The number of carbonyl (C=O) groups excluding carboxylic acids is 2. The largest absolute Gasteiger partial charge is 0.481 e. The fraction of sp³-hybridized carbons (Fsp3) is 0.609. The van der Waals surface area contributed by atoms with E-state index in [0.717, 1.165) is 0 Å². The number of ether oxygens (including phenoxy) is 3. The lowest BCUT2D eigenvalue weighted by Crippen LogP contribution is -2.37. The number of carboxylic acid groups (broad SMARTS) is 1. The van der Waals surface area contributed by atoms with Crippen LogP contribution < -0.4 is 0 Å². The standard InChI is InChI=1S/C23H31ClO8/c1-13(10-21(27)28)9-18(26)23-20-11-17(31-23)8-7-16(24)6-4-5-14(2)19(30-15(3)25)12-22(29)32-20/h5-6,9,17-20,23,26H,4,7-8,10-12H2,1-3H3,(H,27,28)/b13-9+,14-5-,16-6-/t17-,18-,19-,20-,23-/m1/s1. The van der Waals surface area contributed by atoms with E-state index >= 15 is 0 Å². The first kappa shape index (κ1) is 26.1. The third-order valence-corrected chi connectivity index (χ3v) is 5.71. The van der Waals surface area contributed by atoms with Gasteiger partial charge in [-0.1, -0.05) is 35.4 Å². The highest BCUT2D eigenvalue weighted by atomic mass is 35.5. The molecule has 178 valence electrons. The Morgan fingerprint density at radius 2 is 2.06 bits per heavy atom. The molecule has 0 spiro atoms. The van der Waals surface area contributed by atoms with Gasteiger partial charge in [-0.25, -0.2) is 0 Å². The quantitative estimate of drug-likeness (QED) is 0.463. The van der Waals surface area contributed by atoms with Gasteiger partial charge in [0.15, 0.2) is 0 Å². The van der Waals surface area contributed by atoms with Crippen molar-refractivity contribution >= 4 is 29.5 Å². The molecule has 0 aromatic carbocycles. The number of allylic oxidation sites excluding steroid dienone is 3. The van der Waals surface area contributed by atoms with Gasteiger partial charge in [-0.05, 0) is 38.7 Å². The Kier molecular flexibility index (Phi) is 9.93. The van der Waals surface area contributed by atoms with Crippen molar-refractivity contribution in [2.75, 3.05) is 0 Å². The molecule has 1 saturated heterocycles. The summed E-state index contributed by atoms with van der Waals surface area (Å²) >= 11 is 6.32. The fourth-order valence-corrected chi connectivity index (χ4v) is 4.01. The van der Waals surface area contributed by atoms with Crippen LogP contribution in [0.15, 0.2) is 34.4 Å². The highest BCUT2D eigenvalue weighted by Gasteiger charge is 2.41. The Morgan fingerprint density at radius 3 is 2.72 bits per heavy atom. The lowest BCUT2D eigenvalue weighted by atomic mass is 10.0. The van der Waals surface area contributed by atoms with Gasteiger partial charge in [0.25, 0.3) is 0 Å². The van der Waals surface area contributed by atoms with E-state index in [1.807, 2.05) is 12.2 Å². The van der Waals surface area contributed by atoms with Gasteiger partial charge in [-0.3, -0.25) is 14.4 Å². The second kappa shape index (κ2) is 12.2. The minimum absolute atomic E-state index is 0.169. The van der Waals surface area contributed by atoms with E-state index in [1.54, 1.807) is 13.8 Å². The summed E-state index contributed by atoms with van der Waals surface area (Å²) in [5.41, 5.74) is 1.17. The molecule has 2 N–H and O–H groups in total. The number of carbonyl (C=O) groups is 3. The molecular formula is C23H31ClO8. The lowest BCUT2D eigenvalue weighted by Gasteiger charge is -2.24. The molecule has 2 rings (SSSR count). The van der Waals surface area contributed by atoms with Gasteiger partial charge in [0, 0.05) is 18.4 Å². The number of rotatable bonds is 5. The Labute approximate surface area is 192 Å². The molecule has 0 radical (unpaired) electrons. The molecule has 1 fully saturated rings. The predicted octanol–water partition coefficient (Wildman–Crippen LogP) is 3.41. The highest BCUT2D eigenvalue weighted by molar-refractivity contribution is 6.29. The molecule has 2 aliphatic rings. The summed E-state index contributed by atoms with van der Waals surface area (Å²) in [6.45, 7) is 4.64. The van der Waals surface area contributed by atoms with Gasteiger partial charge in [-0.15, -0.1) is 0 Å². The second-order valence-corrected chi connectivity index (χ2v) is 8.72. The smallest absolute Gasteiger partial charge is 0.310 e. The lowest BCUT2D eigenvalue weighted by molar-refractivity contribution is -0.159. The Hall–Kier alpha value is -2.16. The van der Waals surface area contributed by atoms with Crippen LogP contribution in [0.5, 0.6) is 0 Å². The van der Waals surface area contributed by atoms with Crippen LogP contribution in [-0.4, -0.2) is 58.6 Å². The monoisotopic (exact) mass is 470 g/mol. The summed E-state index contributed by atoms with van der Waals surface area (Å²) < 4.78 is 16.9. The average molecular weight is 471 g/mol. The van der Waals surface area contributed by atoms with Crippen molar-refractivity contribution in [3.63, 3.8) is 0 Å². The molecule has 0 unspecified atom stereocenters. The molecule has 2 bridgehead atoms. The van der Waals surface area contributed by atoms with Gasteiger partial charge in [0.05, 0.1) is 18.9 Å². The first-order valence-electron chi connectivity index (χ1n) is 10.7. The summed E-state index contributed by atoms with van der Waals surface area (Å²) in [5.74, 6) is -2.10. The highest BCUT2D eigenvalue weighted by Crippen LogP contribution is 2.31. The molecule has 32 heavy (non-hydrogen) atoms. The van der Waals surface area contributed by atoms with Crippen molar-refractivity contribution in [2.45, 2.75) is 89.8 Å². The summed E-state index contributed by atoms with van der Waals surface area (Å²) in [4.78, 5) is 35.1. The number of hydrogen-bond acceptors (Lipinski definition) is 7. The van der Waals surface area contributed by atoms with E-state index in [1.165, 1.54) is 13.0 Å². The van der Waals surface area contributed by atoms with Crippen LogP contribution in [0.2, 0.25) is 0 Å². The Morgan fingerprint density at radius 1 is 1.34 bits per heavy atom. The number of carboxylic acids is 1. The molecule has 5 atom stereocenters. The van der Waals surface area contributed by atoms with Gasteiger partial charge in [0.2, 0.25) is 0 Å². The number of aliphatic hydroxyl groups excluding tert-OH is 1. The first-order valence-corrected chi connectivity index (χ1v) is 11.0. The molecule has 0 amide bonds. The molecule has 9 heteroatoms. The normalized spacial score (nSPS) is 31.9. The number of hydrogen-bond donors (Lipinski definition) is 2. The third-order valence-electron chi connectivity index (χ3n) is 5.37. The van der Waals surface area contributed by atoms with Crippen LogP contribution in [0, 0.1) is 0 Å². The number of fused-ring (bicyclic) bond motifs is 2. The molecule has 8 nitrogen and oxygen atoms in total. The van der Waals surface area contributed by atoms with Crippen molar-refractivity contribution in [1.29, 1.82) is 0 Å². The van der Waals surface area contributed by atoms with Crippen molar-refractivity contribution in [1.82, 2.24) is 0 Å². The fourth-order valence-electron chi connectivity index (χ4n) is 3.81. The van der Waals surface area contributed by atoms with Crippen LogP contribution in [0.4, 0.5) is 0 Å². The number of esters is 2. The van der Waals surface area contributed by atoms with E-state index in [-0.39, 0.29) is 18.9 Å². The summed E-state index contributed by atoms with van der Waals surface area (Å²) in [5, 5.41) is 20.3. The van der Waals surface area contributed by atoms with E-state index in [9.17, 15) is 19.5 Å². The number of aliphatic hydroxyl groups is 1. The minimum atomic E-state index is -1.15. The Balaban J connectivity index is 2.25. The number of aliphatic carboxylic acids is 1. The third kappa shape index (κ3) is 8.41. The summed E-state index contributed by atoms with van der Waals surface area (Å²) in [7, 11) is 0. The molecule has 0 aliphatic carbocycles. The van der Waals surface area contributed by atoms with Crippen LogP contribution in [-0.2, 0) is 28.6 Å². The Bertz CT molecular complexity index is 800. The van der Waals surface area contributed by atoms with Crippen molar-refractivity contribution < 1.29 is 38.8 Å². The van der Waals surface area contributed by atoms with Crippen molar-refractivity contribution in [3.05, 3.63) is 34.4 Å². The zero-order valence-corrected chi connectivity index (χ0v) is 19.3. The second-order valence-electron chi connectivity index (χ2n) is 8.24. The van der Waals surface area contributed by atoms with Gasteiger partial charge in [-0.2, -0.15) is 0 Å². The topological polar surface area (TPSA) is 119 Å². The molecule has 2 aliphatic heterocycles. The van der Waals surface area contributed by atoms with Gasteiger partial charge in [0.1, 0.15) is 24.4 Å². The number of halogens is 1. The summed E-state index contributed by atoms with van der Waals surface area (Å²) in [6.07, 6.45) is 3.01. The maximum absolute atomic E-state index is 12.7. The van der Waals surface area contributed by atoms with Crippen LogP contribution >= 0.6 is 11.6 Å². The van der Waals surface area contributed by atoms with E-state index in [4.69, 9.17) is 30.9 Å². The van der Waals surface area contributed by atoms with Crippen LogP contribution in [0.3, 0.4) is 0 Å².